The van der Waals surface area contributed by atoms with Gasteiger partial charge < -0.3 is 20.5 Å². The van der Waals surface area contributed by atoms with Crippen molar-refractivity contribution < 1.29 is 24.2 Å². The highest BCUT2D eigenvalue weighted by atomic mass is 16.5. The summed E-state index contributed by atoms with van der Waals surface area (Å²) in [5.41, 5.74) is 4.54. The first kappa shape index (κ1) is 22.3. The molecule has 0 aromatic heterocycles. The summed E-state index contributed by atoms with van der Waals surface area (Å²) < 4.78 is 5.47. The SMILES string of the molecule is CC(CC(=O)N[C@H](C(=O)O)C(C)C)NC(=O)OCC1c2ccccc2-c2ccccc21. The van der Waals surface area contributed by atoms with Crippen LogP contribution in [0.2, 0.25) is 0 Å². The summed E-state index contributed by atoms with van der Waals surface area (Å²) in [6.45, 7) is 5.30. The Kier molecular flexibility index (Phi) is 6.95. The average molecular weight is 424 g/mol. The van der Waals surface area contributed by atoms with Crippen LogP contribution in [0.4, 0.5) is 4.79 Å². The smallest absolute Gasteiger partial charge is 0.407 e. The molecule has 0 bridgehead atoms. The molecule has 2 aromatic carbocycles. The molecule has 3 rings (SSSR count). The minimum atomic E-state index is -1.08. The fourth-order valence-corrected chi connectivity index (χ4v) is 3.92. The van der Waals surface area contributed by atoms with Gasteiger partial charge in [-0.25, -0.2) is 9.59 Å². The van der Waals surface area contributed by atoms with Crippen LogP contribution in [-0.2, 0) is 14.3 Å². The number of carbonyl (C=O) groups is 3. The van der Waals surface area contributed by atoms with E-state index in [2.05, 4.69) is 22.8 Å². The largest absolute Gasteiger partial charge is 0.480 e. The molecule has 3 N–H and O–H groups in total. The van der Waals surface area contributed by atoms with Crippen LogP contribution in [0.1, 0.15) is 44.2 Å². The maximum atomic E-state index is 12.3. The third-order valence-corrected chi connectivity index (χ3v) is 5.45. The summed E-state index contributed by atoms with van der Waals surface area (Å²) in [7, 11) is 0. The van der Waals surface area contributed by atoms with Crippen molar-refractivity contribution in [1.82, 2.24) is 10.6 Å². The van der Waals surface area contributed by atoms with Crippen LogP contribution in [-0.4, -0.2) is 41.8 Å². The number of benzene rings is 2. The van der Waals surface area contributed by atoms with Gasteiger partial charge in [0.25, 0.3) is 0 Å². The highest BCUT2D eigenvalue weighted by Gasteiger charge is 2.29. The molecule has 2 aromatic rings. The maximum Gasteiger partial charge on any atom is 0.407 e. The van der Waals surface area contributed by atoms with E-state index in [9.17, 15) is 19.5 Å². The van der Waals surface area contributed by atoms with Crippen molar-refractivity contribution >= 4 is 18.0 Å². The van der Waals surface area contributed by atoms with Crippen molar-refractivity contribution in [3.8, 4) is 11.1 Å². The van der Waals surface area contributed by atoms with Crippen LogP contribution in [0.3, 0.4) is 0 Å². The van der Waals surface area contributed by atoms with Crippen molar-refractivity contribution in [2.75, 3.05) is 6.61 Å². The summed E-state index contributed by atoms with van der Waals surface area (Å²) in [5.74, 6) is -1.81. The predicted octanol–water partition coefficient (Wildman–Crippen LogP) is 3.53. The van der Waals surface area contributed by atoms with E-state index in [-0.39, 0.29) is 24.9 Å². The Morgan fingerprint density at radius 3 is 2.00 bits per heavy atom. The average Bonchev–Trinajstić information content (AvgIpc) is 3.04. The lowest BCUT2D eigenvalue weighted by atomic mass is 9.98. The quantitative estimate of drug-likeness (QED) is 0.601. The second-order valence-electron chi connectivity index (χ2n) is 8.20. The Morgan fingerprint density at radius 2 is 1.48 bits per heavy atom. The van der Waals surface area contributed by atoms with E-state index in [1.54, 1.807) is 20.8 Å². The van der Waals surface area contributed by atoms with E-state index in [1.165, 1.54) is 0 Å². The Labute approximate surface area is 181 Å². The number of carboxylic acid groups (broad SMARTS) is 1. The molecular formula is C24H28N2O5. The second kappa shape index (κ2) is 9.64. The van der Waals surface area contributed by atoms with Crippen molar-refractivity contribution in [3.05, 3.63) is 59.7 Å². The molecule has 31 heavy (non-hydrogen) atoms. The lowest BCUT2D eigenvalue weighted by Crippen LogP contribution is -2.46. The molecule has 164 valence electrons. The predicted molar refractivity (Wildman–Crippen MR) is 117 cm³/mol. The van der Waals surface area contributed by atoms with E-state index in [1.807, 2.05) is 36.4 Å². The number of nitrogens with one attached hydrogen (secondary N) is 2. The zero-order chi connectivity index (χ0) is 22.5. The van der Waals surface area contributed by atoms with Crippen molar-refractivity contribution in [3.63, 3.8) is 0 Å². The number of alkyl carbamates (subject to hydrolysis) is 1. The van der Waals surface area contributed by atoms with Crippen LogP contribution in [0.25, 0.3) is 11.1 Å². The number of rotatable bonds is 8. The Bertz CT molecular complexity index is 926. The van der Waals surface area contributed by atoms with Gasteiger partial charge in [-0.15, -0.1) is 0 Å². The normalized spacial score (nSPS) is 14.3. The molecule has 0 heterocycles. The molecule has 0 saturated heterocycles. The van der Waals surface area contributed by atoms with Gasteiger partial charge in [-0.3, -0.25) is 4.79 Å². The first-order chi connectivity index (χ1) is 14.8. The third kappa shape index (κ3) is 5.23. The lowest BCUT2D eigenvalue weighted by molar-refractivity contribution is -0.143. The van der Waals surface area contributed by atoms with Gasteiger partial charge >= 0.3 is 12.1 Å². The van der Waals surface area contributed by atoms with Gasteiger partial charge in [-0.05, 0) is 35.1 Å². The molecular weight excluding hydrogens is 396 g/mol. The first-order valence-corrected chi connectivity index (χ1v) is 10.4. The topological polar surface area (TPSA) is 105 Å². The molecule has 0 aliphatic heterocycles. The van der Waals surface area contributed by atoms with Crippen LogP contribution in [0.15, 0.2) is 48.5 Å². The number of hydrogen-bond acceptors (Lipinski definition) is 4. The van der Waals surface area contributed by atoms with E-state index in [0.717, 1.165) is 22.3 Å². The molecule has 7 nitrogen and oxygen atoms in total. The van der Waals surface area contributed by atoms with E-state index >= 15 is 0 Å². The first-order valence-electron chi connectivity index (χ1n) is 10.4. The number of ether oxygens (including phenoxy) is 1. The highest BCUT2D eigenvalue weighted by Crippen LogP contribution is 2.44. The Morgan fingerprint density at radius 1 is 0.935 bits per heavy atom. The molecule has 0 saturated carbocycles. The zero-order valence-electron chi connectivity index (χ0n) is 17.9. The fraction of sp³-hybridized carbons (Fsp3) is 0.375. The van der Waals surface area contributed by atoms with Gasteiger partial charge in [-0.1, -0.05) is 62.4 Å². The van der Waals surface area contributed by atoms with Gasteiger partial charge in [0, 0.05) is 18.4 Å². The molecule has 2 amide bonds. The van der Waals surface area contributed by atoms with E-state index in [0.29, 0.717) is 0 Å². The zero-order valence-corrected chi connectivity index (χ0v) is 17.9. The highest BCUT2D eigenvalue weighted by molar-refractivity contribution is 5.84. The molecule has 0 fully saturated rings. The van der Waals surface area contributed by atoms with Gasteiger partial charge in [0.1, 0.15) is 12.6 Å². The lowest BCUT2D eigenvalue weighted by Gasteiger charge is -2.20. The summed E-state index contributed by atoms with van der Waals surface area (Å²) in [5, 5.41) is 14.3. The molecule has 7 heteroatoms. The summed E-state index contributed by atoms with van der Waals surface area (Å²) >= 11 is 0. The van der Waals surface area contributed by atoms with E-state index < -0.39 is 30.1 Å². The molecule has 0 radical (unpaired) electrons. The number of carbonyl (C=O) groups excluding carboxylic acids is 2. The third-order valence-electron chi connectivity index (χ3n) is 5.45. The molecule has 2 atom stereocenters. The fourth-order valence-electron chi connectivity index (χ4n) is 3.92. The number of carboxylic acids is 1. The molecule has 1 unspecified atom stereocenters. The second-order valence-corrected chi connectivity index (χ2v) is 8.20. The van der Waals surface area contributed by atoms with Gasteiger partial charge in [0.15, 0.2) is 0 Å². The number of amides is 2. The van der Waals surface area contributed by atoms with E-state index in [4.69, 9.17) is 4.74 Å². The standard InChI is InChI=1S/C24H28N2O5/c1-14(2)22(23(28)29)26-21(27)12-15(3)25-24(30)31-13-20-18-10-6-4-8-16(18)17-9-5-7-11-19(17)20/h4-11,14-15,20,22H,12-13H2,1-3H3,(H,25,30)(H,26,27)(H,28,29)/t15?,22-/m0/s1. The summed E-state index contributed by atoms with van der Waals surface area (Å²) in [6, 6.07) is 14.7. The summed E-state index contributed by atoms with van der Waals surface area (Å²) in [4.78, 5) is 35.6. The van der Waals surface area contributed by atoms with Crippen molar-refractivity contribution in [1.29, 1.82) is 0 Å². The Balaban J connectivity index is 1.54. The van der Waals surface area contributed by atoms with Crippen LogP contribution < -0.4 is 10.6 Å². The molecule has 1 aliphatic rings. The number of fused-ring (bicyclic) bond motifs is 3. The van der Waals surface area contributed by atoms with Gasteiger partial charge in [0.2, 0.25) is 5.91 Å². The molecule has 0 spiro atoms. The minimum absolute atomic E-state index is 0.0410. The van der Waals surface area contributed by atoms with Crippen LogP contribution >= 0.6 is 0 Å². The van der Waals surface area contributed by atoms with Gasteiger partial charge in [0.05, 0.1) is 0 Å². The number of aliphatic carboxylic acids is 1. The molecule has 1 aliphatic carbocycles. The maximum absolute atomic E-state index is 12.3. The van der Waals surface area contributed by atoms with Crippen molar-refractivity contribution in [2.24, 2.45) is 5.92 Å². The summed E-state index contributed by atoms with van der Waals surface area (Å²) in [6.07, 6.45) is -0.651. The van der Waals surface area contributed by atoms with Gasteiger partial charge in [-0.2, -0.15) is 0 Å². The monoisotopic (exact) mass is 424 g/mol. The number of hydrogen-bond donors (Lipinski definition) is 3. The minimum Gasteiger partial charge on any atom is -0.480 e. The van der Waals surface area contributed by atoms with Crippen molar-refractivity contribution in [2.45, 2.75) is 45.2 Å². The van der Waals surface area contributed by atoms with Crippen LogP contribution in [0, 0.1) is 5.92 Å². The Hall–Kier alpha value is -3.35. The van der Waals surface area contributed by atoms with Crippen LogP contribution in [0.5, 0.6) is 0 Å².